The Morgan fingerprint density at radius 2 is 1.75 bits per heavy atom. The Morgan fingerprint density at radius 1 is 1.15 bits per heavy atom. The molecule has 106 valence electrons. The highest BCUT2D eigenvalue weighted by molar-refractivity contribution is 6.39. The van der Waals surface area contributed by atoms with Crippen molar-refractivity contribution in [3.8, 4) is 0 Å². The fourth-order valence-corrected chi connectivity index (χ4v) is 3.98. The number of carbonyl (C=O) groups excluding carboxylic acids is 1. The van der Waals surface area contributed by atoms with Gasteiger partial charge in [0.2, 0.25) is 0 Å². The van der Waals surface area contributed by atoms with E-state index in [-0.39, 0.29) is 22.5 Å². The average Bonchev–Trinajstić information content (AvgIpc) is 2.62. The number of carbonyl (C=O) groups is 1. The number of halogens is 2. The van der Waals surface area contributed by atoms with Crippen molar-refractivity contribution in [2.24, 2.45) is 16.7 Å². The summed E-state index contributed by atoms with van der Waals surface area (Å²) in [5, 5.41) is 1.86. The summed E-state index contributed by atoms with van der Waals surface area (Å²) in [5.41, 5.74) is 1.52. The van der Waals surface area contributed by atoms with E-state index in [4.69, 9.17) is 23.2 Å². The quantitative estimate of drug-likeness (QED) is 0.746. The lowest BCUT2D eigenvalue weighted by molar-refractivity contribution is 0.0947. The summed E-state index contributed by atoms with van der Waals surface area (Å²) >= 11 is 12.3. The number of aromatic amines is 1. The molecule has 2 nitrogen and oxygen atoms in total. The molecule has 1 aliphatic carbocycles. The Kier molecular flexibility index (Phi) is 2.81. The summed E-state index contributed by atoms with van der Waals surface area (Å²) < 4.78 is 0. The molecule has 1 aliphatic rings. The van der Waals surface area contributed by atoms with Crippen molar-refractivity contribution in [2.45, 2.75) is 27.7 Å². The van der Waals surface area contributed by atoms with Crippen LogP contribution in [-0.4, -0.2) is 10.8 Å². The molecule has 4 heteroatoms. The van der Waals surface area contributed by atoms with E-state index in [1.165, 1.54) is 0 Å². The van der Waals surface area contributed by atoms with Gasteiger partial charge in [-0.2, -0.15) is 0 Å². The van der Waals surface area contributed by atoms with E-state index in [2.05, 4.69) is 32.7 Å². The molecular formula is C16H17Cl2NO. The number of ketones is 1. The minimum absolute atomic E-state index is 0.0204. The zero-order chi connectivity index (χ0) is 14.9. The number of hydrogen-bond donors (Lipinski definition) is 1. The van der Waals surface area contributed by atoms with E-state index in [9.17, 15) is 4.79 Å². The standard InChI is InChI=1S/C16H17Cl2NO/c1-15(2)14(16(15,3)4)13(20)9-7-19-11-6-8(17)5-10(18)12(9)11/h5-7,14,19H,1-4H3. The van der Waals surface area contributed by atoms with Gasteiger partial charge < -0.3 is 4.98 Å². The smallest absolute Gasteiger partial charge is 0.169 e. The number of rotatable bonds is 2. The Balaban J connectivity index is 2.11. The highest BCUT2D eigenvalue weighted by Crippen LogP contribution is 2.69. The van der Waals surface area contributed by atoms with Gasteiger partial charge in [0, 0.05) is 33.6 Å². The van der Waals surface area contributed by atoms with Crippen LogP contribution in [0.3, 0.4) is 0 Å². The van der Waals surface area contributed by atoms with Crippen LogP contribution >= 0.6 is 23.2 Å². The molecular weight excluding hydrogens is 293 g/mol. The van der Waals surface area contributed by atoms with Crippen LogP contribution in [-0.2, 0) is 0 Å². The lowest BCUT2D eigenvalue weighted by Crippen LogP contribution is -2.07. The number of hydrogen-bond acceptors (Lipinski definition) is 1. The zero-order valence-electron chi connectivity index (χ0n) is 12.0. The molecule has 0 aliphatic heterocycles. The molecule has 0 atom stereocenters. The van der Waals surface area contributed by atoms with Crippen molar-refractivity contribution >= 4 is 39.9 Å². The van der Waals surface area contributed by atoms with Gasteiger partial charge in [-0.25, -0.2) is 0 Å². The maximum Gasteiger partial charge on any atom is 0.169 e. The Hall–Kier alpha value is -0.990. The van der Waals surface area contributed by atoms with Crippen LogP contribution in [0.1, 0.15) is 38.1 Å². The summed E-state index contributed by atoms with van der Waals surface area (Å²) in [6.07, 6.45) is 1.75. The van der Waals surface area contributed by atoms with Crippen molar-refractivity contribution in [3.05, 3.63) is 33.9 Å². The van der Waals surface area contributed by atoms with Crippen LogP contribution in [0.5, 0.6) is 0 Å². The van der Waals surface area contributed by atoms with Crippen LogP contribution in [0.25, 0.3) is 10.9 Å². The number of H-pyrrole nitrogens is 1. The average molecular weight is 310 g/mol. The lowest BCUT2D eigenvalue weighted by Gasteiger charge is -2.03. The summed E-state index contributed by atoms with van der Waals surface area (Å²) in [4.78, 5) is 15.9. The first-order valence-electron chi connectivity index (χ1n) is 6.68. The second-order valence-corrected chi connectivity index (χ2v) is 7.60. The molecule has 20 heavy (non-hydrogen) atoms. The first-order valence-corrected chi connectivity index (χ1v) is 7.44. The van der Waals surface area contributed by atoms with E-state index in [0.29, 0.717) is 15.6 Å². The highest BCUT2D eigenvalue weighted by Gasteiger charge is 2.68. The van der Waals surface area contributed by atoms with Gasteiger partial charge in [-0.3, -0.25) is 4.79 Å². The fourth-order valence-electron chi connectivity index (χ4n) is 3.38. The normalized spacial score (nSPS) is 20.3. The van der Waals surface area contributed by atoms with Crippen LogP contribution < -0.4 is 0 Å². The third-order valence-electron chi connectivity index (χ3n) is 5.24. The summed E-state index contributed by atoms with van der Waals surface area (Å²) in [5.74, 6) is 0.191. The monoisotopic (exact) mass is 309 g/mol. The van der Waals surface area contributed by atoms with E-state index in [0.717, 1.165) is 10.9 Å². The van der Waals surface area contributed by atoms with E-state index in [1.54, 1.807) is 18.3 Å². The summed E-state index contributed by atoms with van der Waals surface area (Å²) in [6.45, 7) is 8.57. The third kappa shape index (κ3) is 1.68. The van der Waals surface area contributed by atoms with Gasteiger partial charge in [0.25, 0.3) is 0 Å². The largest absolute Gasteiger partial charge is 0.360 e. The van der Waals surface area contributed by atoms with Crippen LogP contribution in [0, 0.1) is 16.7 Å². The number of Topliss-reactive ketones (excluding diaryl/α,β-unsaturated/α-hetero) is 1. The molecule has 3 rings (SSSR count). The SMILES string of the molecule is CC1(C)C(C(=O)c2c[nH]c3cc(Cl)cc(Cl)c23)C1(C)C. The molecule has 1 heterocycles. The predicted molar refractivity (Wildman–Crippen MR) is 83.7 cm³/mol. The lowest BCUT2D eigenvalue weighted by atomic mass is 10.0. The van der Waals surface area contributed by atoms with Gasteiger partial charge in [0.15, 0.2) is 5.78 Å². The van der Waals surface area contributed by atoms with Crippen molar-refractivity contribution in [1.82, 2.24) is 4.98 Å². The van der Waals surface area contributed by atoms with Crippen molar-refractivity contribution in [3.63, 3.8) is 0 Å². The number of benzene rings is 1. The van der Waals surface area contributed by atoms with E-state index in [1.807, 2.05) is 0 Å². The molecule has 0 amide bonds. The van der Waals surface area contributed by atoms with Gasteiger partial charge in [0.1, 0.15) is 0 Å². The second kappa shape index (κ2) is 4.02. The third-order valence-corrected chi connectivity index (χ3v) is 5.76. The Bertz CT molecular complexity index is 713. The first kappa shape index (κ1) is 14.0. The number of fused-ring (bicyclic) bond motifs is 1. The molecule has 1 aromatic carbocycles. The predicted octanol–water partition coefficient (Wildman–Crippen LogP) is 5.34. The molecule has 0 bridgehead atoms. The highest BCUT2D eigenvalue weighted by atomic mass is 35.5. The van der Waals surface area contributed by atoms with Crippen molar-refractivity contribution in [2.75, 3.05) is 0 Å². The summed E-state index contributed by atoms with van der Waals surface area (Å²) in [7, 11) is 0. The van der Waals surface area contributed by atoms with Crippen LogP contribution in [0.4, 0.5) is 0 Å². The van der Waals surface area contributed by atoms with E-state index < -0.39 is 0 Å². The Morgan fingerprint density at radius 3 is 2.30 bits per heavy atom. The molecule has 1 saturated carbocycles. The molecule has 0 spiro atoms. The molecule has 2 aromatic rings. The zero-order valence-corrected chi connectivity index (χ0v) is 13.5. The molecule has 0 radical (unpaired) electrons. The van der Waals surface area contributed by atoms with E-state index >= 15 is 0 Å². The molecule has 1 fully saturated rings. The maximum absolute atomic E-state index is 12.8. The minimum Gasteiger partial charge on any atom is -0.360 e. The fraction of sp³-hybridized carbons (Fsp3) is 0.438. The van der Waals surface area contributed by atoms with Gasteiger partial charge >= 0.3 is 0 Å². The first-order chi connectivity index (χ1) is 9.18. The number of nitrogens with one attached hydrogen (secondary N) is 1. The van der Waals surface area contributed by atoms with Crippen molar-refractivity contribution in [1.29, 1.82) is 0 Å². The second-order valence-electron chi connectivity index (χ2n) is 6.75. The minimum atomic E-state index is 0.0204. The molecule has 1 N–H and O–H groups in total. The topological polar surface area (TPSA) is 32.9 Å². The van der Waals surface area contributed by atoms with Gasteiger partial charge in [-0.1, -0.05) is 50.9 Å². The maximum atomic E-state index is 12.8. The summed E-state index contributed by atoms with van der Waals surface area (Å²) in [6, 6.07) is 3.47. The molecule has 0 unspecified atom stereocenters. The van der Waals surface area contributed by atoms with Gasteiger partial charge in [-0.05, 0) is 23.0 Å². The van der Waals surface area contributed by atoms with Crippen LogP contribution in [0.15, 0.2) is 18.3 Å². The Labute approximate surface area is 128 Å². The van der Waals surface area contributed by atoms with Gasteiger partial charge in [0.05, 0.1) is 5.02 Å². The van der Waals surface area contributed by atoms with Crippen molar-refractivity contribution < 1.29 is 4.79 Å². The number of aromatic nitrogens is 1. The van der Waals surface area contributed by atoms with Gasteiger partial charge in [-0.15, -0.1) is 0 Å². The van der Waals surface area contributed by atoms with Crippen LogP contribution in [0.2, 0.25) is 10.0 Å². The molecule has 0 saturated heterocycles. The molecule has 1 aromatic heterocycles.